The van der Waals surface area contributed by atoms with E-state index >= 15 is 0 Å². The fourth-order valence-electron chi connectivity index (χ4n) is 2.42. The molecule has 3 rings (SSSR count). The second kappa shape index (κ2) is 5.02. The molecule has 1 fully saturated rings. The minimum atomic E-state index is 0.0312. The van der Waals surface area contributed by atoms with Crippen molar-refractivity contribution in [2.75, 3.05) is 0 Å². The van der Waals surface area contributed by atoms with Crippen LogP contribution in [0.3, 0.4) is 0 Å². The first-order valence-corrected chi connectivity index (χ1v) is 7.72. The van der Waals surface area contributed by atoms with E-state index in [9.17, 15) is 4.79 Å². The largest absolute Gasteiger partial charge is 0.312 e. The van der Waals surface area contributed by atoms with Crippen molar-refractivity contribution in [3.05, 3.63) is 40.7 Å². The van der Waals surface area contributed by atoms with E-state index in [2.05, 4.69) is 42.1 Å². The van der Waals surface area contributed by atoms with Crippen LogP contribution >= 0.6 is 11.3 Å². The van der Waals surface area contributed by atoms with Gasteiger partial charge in [-0.15, -0.1) is 6.58 Å². The van der Waals surface area contributed by atoms with E-state index in [1.165, 1.54) is 15.8 Å². The minimum absolute atomic E-state index is 0.0312. The van der Waals surface area contributed by atoms with Crippen molar-refractivity contribution in [1.82, 2.24) is 4.57 Å². The number of carbonyl (C=O) groups is 1. The molecule has 2 aromatic rings. The molecule has 1 aliphatic rings. The Kier molecular flexibility index (Phi) is 3.34. The Morgan fingerprint density at radius 2 is 2.25 bits per heavy atom. The van der Waals surface area contributed by atoms with E-state index < -0.39 is 0 Å². The first-order chi connectivity index (χ1) is 9.60. The maximum absolute atomic E-state index is 12.0. The van der Waals surface area contributed by atoms with Crippen LogP contribution < -0.4 is 4.80 Å². The van der Waals surface area contributed by atoms with Crippen LogP contribution in [0.15, 0.2) is 29.8 Å². The Morgan fingerprint density at radius 3 is 2.90 bits per heavy atom. The quantitative estimate of drug-likeness (QED) is 0.797. The number of nitrogens with zero attached hydrogens (tertiary/aromatic N) is 2. The summed E-state index contributed by atoms with van der Waals surface area (Å²) in [6.45, 7) is 8.69. The summed E-state index contributed by atoms with van der Waals surface area (Å²) in [7, 11) is 0. The van der Waals surface area contributed by atoms with Crippen LogP contribution in [0.5, 0.6) is 0 Å². The van der Waals surface area contributed by atoms with Gasteiger partial charge in [0.15, 0.2) is 4.80 Å². The Balaban J connectivity index is 2.25. The van der Waals surface area contributed by atoms with E-state index in [-0.39, 0.29) is 11.8 Å². The number of aromatic nitrogens is 1. The smallest absolute Gasteiger partial charge is 0.251 e. The summed E-state index contributed by atoms with van der Waals surface area (Å²) in [5.41, 5.74) is 3.61. The normalized spacial score (nSPS) is 15.8. The van der Waals surface area contributed by atoms with Gasteiger partial charge in [0.25, 0.3) is 5.91 Å². The Morgan fingerprint density at radius 1 is 1.50 bits per heavy atom. The number of aryl methyl sites for hydroxylation is 2. The number of benzene rings is 1. The molecule has 0 unspecified atom stereocenters. The fraction of sp³-hybridized carbons (Fsp3) is 0.375. The molecule has 0 bridgehead atoms. The zero-order valence-corrected chi connectivity index (χ0v) is 12.7. The molecule has 1 heterocycles. The zero-order valence-electron chi connectivity index (χ0n) is 11.8. The van der Waals surface area contributed by atoms with Crippen LogP contribution in [0.1, 0.15) is 24.0 Å². The van der Waals surface area contributed by atoms with E-state index in [1.807, 2.05) is 6.08 Å². The number of hydrogen-bond acceptors (Lipinski definition) is 2. The van der Waals surface area contributed by atoms with Crippen molar-refractivity contribution in [1.29, 1.82) is 0 Å². The summed E-state index contributed by atoms with van der Waals surface area (Å²) < 4.78 is 3.30. The van der Waals surface area contributed by atoms with Crippen molar-refractivity contribution >= 4 is 27.5 Å². The predicted octanol–water partition coefficient (Wildman–Crippen LogP) is 3.34. The van der Waals surface area contributed by atoms with Crippen LogP contribution in [0.4, 0.5) is 0 Å². The lowest BCUT2D eigenvalue weighted by Crippen LogP contribution is -2.16. The van der Waals surface area contributed by atoms with E-state index in [0.717, 1.165) is 23.2 Å². The highest BCUT2D eigenvalue weighted by atomic mass is 32.1. The fourth-order valence-corrected chi connectivity index (χ4v) is 3.51. The zero-order chi connectivity index (χ0) is 14.3. The Bertz CT molecular complexity index is 763. The van der Waals surface area contributed by atoms with Crippen molar-refractivity contribution < 1.29 is 4.79 Å². The van der Waals surface area contributed by atoms with Gasteiger partial charge in [-0.1, -0.05) is 23.5 Å². The molecule has 1 aromatic carbocycles. The van der Waals surface area contributed by atoms with Gasteiger partial charge in [0.2, 0.25) is 0 Å². The molecule has 4 heteroatoms. The first kappa shape index (κ1) is 13.3. The van der Waals surface area contributed by atoms with Crippen molar-refractivity contribution in [3.8, 4) is 0 Å². The van der Waals surface area contributed by atoms with Gasteiger partial charge in [0.05, 0.1) is 10.2 Å². The van der Waals surface area contributed by atoms with Crippen LogP contribution in [0, 0.1) is 19.8 Å². The average molecular weight is 286 g/mol. The first-order valence-electron chi connectivity index (χ1n) is 6.90. The van der Waals surface area contributed by atoms with Crippen LogP contribution in [0.25, 0.3) is 10.2 Å². The van der Waals surface area contributed by atoms with Crippen molar-refractivity contribution in [2.45, 2.75) is 33.2 Å². The van der Waals surface area contributed by atoms with Gasteiger partial charge < -0.3 is 4.57 Å². The lowest BCUT2D eigenvalue weighted by atomic mass is 10.1. The molecule has 3 nitrogen and oxygen atoms in total. The third-order valence-electron chi connectivity index (χ3n) is 3.56. The molecule has 104 valence electrons. The third-order valence-corrected chi connectivity index (χ3v) is 4.79. The molecule has 0 saturated heterocycles. The highest BCUT2D eigenvalue weighted by Gasteiger charge is 2.29. The molecule has 1 amide bonds. The summed E-state index contributed by atoms with van der Waals surface area (Å²) >= 11 is 1.60. The molecular formula is C16H18N2OS. The molecule has 0 spiro atoms. The lowest BCUT2D eigenvalue weighted by Gasteiger charge is -2.03. The van der Waals surface area contributed by atoms with Gasteiger partial charge in [0, 0.05) is 12.5 Å². The molecule has 0 radical (unpaired) electrons. The second-order valence-electron chi connectivity index (χ2n) is 5.44. The van der Waals surface area contributed by atoms with Gasteiger partial charge in [0.1, 0.15) is 0 Å². The number of carbonyl (C=O) groups excluding carboxylic acids is 1. The molecule has 20 heavy (non-hydrogen) atoms. The average Bonchev–Trinajstić information content (AvgIpc) is 3.18. The number of allylic oxidation sites excluding steroid dienone is 1. The molecule has 0 aliphatic heterocycles. The minimum Gasteiger partial charge on any atom is -0.312 e. The Hall–Kier alpha value is -1.68. The molecule has 1 aliphatic carbocycles. The number of fused-ring (bicyclic) bond motifs is 1. The summed E-state index contributed by atoms with van der Waals surface area (Å²) in [4.78, 5) is 17.1. The van der Waals surface area contributed by atoms with Gasteiger partial charge in [-0.25, -0.2) is 0 Å². The van der Waals surface area contributed by atoms with Gasteiger partial charge in [-0.2, -0.15) is 4.99 Å². The summed E-state index contributed by atoms with van der Waals surface area (Å²) in [6.07, 6.45) is 3.84. The SMILES string of the molecule is C=CCn1c(=NC(=O)C2CC2)sc2c(C)cc(C)cc21. The summed E-state index contributed by atoms with van der Waals surface area (Å²) in [6, 6.07) is 4.33. The van der Waals surface area contributed by atoms with Crippen LogP contribution in [-0.2, 0) is 11.3 Å². The molecule has 1 saturated carbocycles. The predicted molar refractivity (Wildman–Crippen MR) is 82.8 cm³/mol. The molecule has 0 atom stereocenters. The highest BCUT2D eigenvalue weighted by Crippen LogP contribution is 2.30. The molecule has 0 N–H and O–H groups in total. The van der Waals surface area contributed by atoms with E-state index in [0.29, 0.717) is 6.54 Å². The Labute approximate surface area is 122 Å². The van der Waals surface area contributed by atoms with Gasteiger partial charge in [-0.05, 0) is 43.9 Å². The van der Waals surface area contributed by atoms with Gasteiger partial charge in [-0.3, -0.25) is 4.79 Å². The monoisotopic (exact) mass is 286 g/mol. The standard InChI is InChI=1S/C16H18N2OS/c1-4-7-18-13-9-10(2)8-11(3)14(13)20-16(18)17-15(19)12-5-6-12/h4,8-9,12H,1,5-7H2,2-3H3. The van der Waals surface area contributed by atoms with Crippen LogP contribution in [0.2, 0.25) is 0 Å². The maximum Gasteiger partial charge on any atom is 0.251 e. The number of thiazole rings is 1. The lowest BCUT2D eigenvalue weighted by molar-refractivity contribution is -0.119. The van der Waals surface area contributed by atoms with E-state index in [4.69, 9.17) is 0 Å². The van der Waals surface area contributed by atoms with Crippen molar-refractivity contribution in [3.63, 3.8) is 0 Å². The summed E-state index contributed by atoms with van der Waals surface area (Å²) in [5.74, 6) is 0.198. The molecule has 1 aromatic heterocycles. The van der Waals surface area contributed by atoms with Gasteiger partial charge >= 0.3 is 0 Å². The number of hydrogen-bond donors (Lipinski definition) is 0. The summed E-state index contributed by atoms with van der Waals surface area (Å²) in [5, 5.41) is 0. The van der Waals surface area contributed by atoms with Crippen LogP contribution in [-0.4, -0.2) is 10.5 Å². The highest BCUT2D eigenvalue weighted by molar-refractivity contribution is 7.16. The van der Waals surface area contributed by atoms with Crippen molar-refractivity contribution in [2.24, 2.45) is 10.9 Å². The molecular weight excluding hydrogens is 268 g/mol. The third kappa shape index (κ3) is 2.36. The topological polar surface area (TPSA) is 34.4 Å². The maximum atomic E-state index is 12.0. The number of amides is 1. The van der Waals surface area contributed by atoms with E-state index in [1.54, 1.807) is 11.3 Å². The second-order valence-corrected chi connectivity index (χ2v) is 6.42. The number of rotatable bonds is 3.